The van der Waals surface area contributed by atoms with Crippen LogP contribution in [0.15, 0.2) is 18.3 Å². The zero-order valence-electron chi connectivity index (χ0n) is 10.0. The number of likely N-dealkylation sites (N-methyl/N-ethyl adjacent to an activating group) is 1. The Hall–Kier alpha value is -1.69. The van der Waals surface area contributed by atoms with Gasteiger partial charge in [-0.3, -0.25) is 4.79 Å². The van der Waals surface area contributed by atoms with Crippen LogP contribution in [0.3, 0.4) is 0 Å². The first-order chi connectivity index (χ1) is 7.99. The predicted molar refractivity (Wildman–Crippen MR) is 69.1 cm³/mol. The Balaban J connectivity index is 3.00. The van der Waals surface area contributed by atoms with Crippen LogP contribution >= 0.6 is 12.2 Å². The molecular weight excluding hydrogens is 238 g/mol. The van der Waals surface area contributed by atoms with Gasteiger partial charge in [-0.05, 0) is 19.1 Å². The summed E-state index contributed by atoms with van der Waals surface area (Å²) < 4.78 is 5.03. The Kier molecular flexibility index (Phi) is 4.39. The highest BCUT2D eigenvalue weighted by Crippen LogP contribution is 2.16. The average Bonchev–Trinajstić information content (AvgIpc) is 2.35. The van der Waals surface area contributed by atoms with Crippen LogP contribution in [0.4, 0.5) is 0 Å². The number of amides is 1. The first kappa shape index (κ1) is 13.4. The highest BCUT2D eigenvalue weighted by atomic mass is 32.1. The summed E-state index contributed by atoms with van der Waals surface area (Å²) in [6, 6.07) is 3.01. The van der Waals surface area contributed by atoms with Crippen molar-refractivity contribution in [1.29, 1.82) is 0 Å². The summed E-state index contributed by atoms with van der Waals surface area (Å²) in [7, 11) is 3.11. The minimum absolute atomic E-state index is 0.227. The summed E-state index contributed by atoms with van der Waals surface area (Å²) in [6.45, 7) is 1.77. The van der Waals surface area contributed by atoms with Gasteiger partial charge in [0, 0.05) is 13.2 Å². The third kappa shape index (κ3) is 2.91. The largest absolute Gasteiger partial charge is 0.480 e. The number of methoxy groups -OCH3 is 1. The van der Waals surface area contributed by atoms with E-state index in [-0.39, 0.29) is 16.9 Å². The summed E-state index contributed by atoms with van der Waals surface area (Å²) in [5, 5.41) is 0. The van der Waals surface area contributed by atoms with E-state index in [9.17, 15) is 4.79 Å². The van der Waals surface area contributed by atoms with E-state index in [0.29, 0.717) is 11.4 Å². The molecule has 1 aromatic rings. The van der Waals surface area contributed by atoms with E-state index in [1.165, 1.54) is 12.0 Å². The topological polar surface area (TPSA) is 68.5 Å². The van der Waals surface area contributed by atoms with Crippen LogP contribution in [-0.4, -0.2) is 41.0 Å². The van der Waals surface area contributed by atoms with Crippen LogP contribution in [-0.2, 0) is 0 Å². The molecule has 0 fully saturated rings. The number of nitrogens with zero attached hydrogens (tertiary/aromatic N) is 2. The molecule has 0 bridgehead atoms. The second kappa shape index (κ2) is 5.58. The Labute approximate surface area is 106 Å². The van der Waals surface area contributed by atoms with Gasteiger partial charge >= 0.3 is 0 Å². The Morgan fingerprint density at radius 2 is 2.29 bits per heavy atom. The quantitative estimate of drug-likeness (QED) is 0.805. The first-order valence-electron chi connectivity index (χ1n) is 5.04. The number of aromatic nitrogens is 1. The van der Waals surface area contributed by atoms with Crippen LogP contribution in [0.1, 0.15) is 17.3 Å². The lowest BCUT2D eigenvalue weighted by Crippen LogP contribution is -2.42. The van der Waals surface area contributed by atoms with Crippen molar-refractivity contribution in [2.45, 2.75) is 13.0 Å². The number of pyridine rings is 1. The molecule has 0 aromatic carbocycles. The molecule has 1 amide bonds. The minimum Gasteiger partial charge on any atom is -0.480 e. The molecule has 1 heterocycles. The standard InChI is InChI=1S/C11H15N3O2S/c1-7(9(12)17)14(2)11(15)8-5-4-6-13-10(8)16-3/h4-7H,1-3H3,(H2,12,17). The fourth-order valence-electron chi connectivity index (χ4n) is 1.27. The molecule has 92 valence electrons. The molecule has 6 heteroatoms. The highest BCUT2D eigenvalue weighted by molar-refractivity contribution is 7.80. The van der Waals surface area contributed by atoms with Crippen molar-refractivity contribution in [3.63, 3.8) is 0 Å². The summed E-state index contributed by atoms with van der Waals surface area (Å²) in [5.74, 6) is 0.0646. The number of carbonyl (C=O) groups excluding carboxylic acids is 1. The molecule has 17 heavy (non-hydrogen) atoms. The van der Waals surface area contributed by atoms with Crippen molar-refractivity contribution >= 4 is 23.1 Å². The lowest BCUT2D eigenvalue weighted by atomic mass is 10.2. The molecule has 5 nitrogen and oxygen atoms in total. The normalized spacial score (nSPS) is 11.7. The fraction of sp³-hybridized carbons (Fsp3) is 0.364. The van der Waals surface area contributed by atoms with Crippen LogP contribution in [0, 0.1) is 0 Å². The van der Waals surface area contributed by atoms with E-state index in [2.05, 4.69) is 4.98 Å². The van der Waals surface area contributed by atoms with Crippen molar-refractivity contribution in [3.8, 4) is 5.88 Å². The van der Waals surface area contributed by atoms with Crippen molar-refractivity contribution in [3.05, 3.63) is 23.9 Å². The van der Waals surface area contributed by atoms with Gasteiger partial charge in [0.2, 0.25) is 5.88 Å². The summed E-state index contributed by atoms with van der Waals surface area (Å²) in [6.07, 6.45) is 1.56. The number of rotatable bonds is 4. The lowest BCUT2D eigenvalue weighted by Gasteiger charge is -2.24. The van der Waals surface area contributed by atoms with Gasteiger partial charge in [0.05, 0.1) is 18.1 Å². The van der Waals surface area contributed by atoms with Crippen molar-refractivity contribution in [2.75, 3.05) is 14.2 Å². The van der Waals surface area contributed by atoms with Gasteiger partial charge in [-0.2, -0.15) is 0 Å². The number of hydrogen-bond donors (Lipinski definition) is 1. The van der Waals surface area contributed by atoms with Crippen molar-refractivity contribution in [1.82, 2.24) is 9.88 Å². The molecule has 1 aromatic heterocycles. The molecule has 2 N–H and O–H groups in total. The van der Waals surface area contributed by atoms with Gasteiger partial charge in [0.15, 0.2) is 0 Å². The molecule has 0 aliphatic carbocycles. The first-order valence-corrected chi connectivity index (χ1v) is 5.45. The fourth-order valence-corrected chi connectivity index (χ4v) is 1.43. The van der Waals surface area contributed by atoms with Gasteiger partial charge < -0.3 is 15.4 Å². The van der Waals surface area contributed by atoms with Crippen LogP contribution in [0.5, 0.6) is 5.88 Å². The second-order valence-electron chi connectivity index (χ2n) is 3.55. The number of hydrogen-bond acceptors (Lipinski definition) is 4. The molecule has 1 atom stereocenters. The summed E-state index contributed by atoms with van der Waals surface area (Å²) in [4.78, 5) is 17.9. The zero-order chi connectivity index (χ0) is 13.0. The maximum atomic E-state index is 12.2. The smallest absolute Gasteiger partial charge is 0.259 e. The molecule has 1 rings (SSSR count). The van der Waals surface area contributed by atoms with Crippen molar-refractivity contribution in [2.24, 2.45) is 5.73 Å². The van der Waals surface area contributed by atoms with E-state index in [1.54, 1.807) is 32.3 Å². The molecule has 0 radical (unpaired) electrons. The summed E-state index contributed by atoms with van der Waals surface area (Å²) >= 11 is 4.86. The zero-order valence-corrected chi connectivity index (χ0v) is 10.8. The average molecular weight is 253 g/mol. The van der Waals surface area contributed by atoms with E-state index in [4.69, 9.17) is 22.7 Å². The number of ether oxygens (including phenoxy) is 1. The van der Waals surface area contributed by atoms with E-state index < -0.39 is 0 Å². The van der Waals surface area contributed by atoms with Gasteiger partial charge in [0.25, 0.3) is 5.91 Å². The Bertz CT molecular complexity index is 436. The monoisotopic (exact) mass is 253 g/mol. The minimum atomic E-state index is -0.317. The van der Waals surface area contributed by atoms with Crippen LogP contribution in [0.25, 0.3) is 0 Å². The van der Waals surface area contributed by atoms with Gasteiger partial charge in [-0.25, -0.2) is 4.98 Å². The SMILES string of the molecule is COc1ncccc1C(=O)N(C)C(C)C(N)=S. The third-order valence-electron chi connectivity index (χ3n) is 2.51. The molecular formula is C11H15N3O2S. The number of carbonyl (C=O) groups is 1. The van der Waals surface area contributed by atoms with E-state index >= 15 is 0 Å². The molecule has 1 unspecified atom stereocenters. The Morgan fingerprint density at radius 1 is 1.65 bits per heavy atom. The second-order valence-corrected chi connectivity index (χ2v) is 4.03. The maximum Gasteiger partial charge on any atom is 0.259 e. The van der Waals surface area contributed by atoms with Gasteiger partial charge in [0.1, 0.15) is 5.56 Å². The lowest BCUT2D eigenvalue weighted by molar-refractivity contribution is 0.0774. The predicted octanol–water partition coefficient (Wildman–Crippen LogP) is 0.837. The van der Waals surface area contributed by atoms with Crippen LogP contribution in [0.2, 0.25) is 0 Å². The maximum absolute atomic E-state index is 12.2. The molecule has 0 saturated carbocycles. The molecule has 0 aliphatic rings. The van der Waals surface area contributed by atoms with Crippen molar-refractivity contribution < 1.29 is 9.53 Å². The number of nitrogens with two attached hydrogens (primary N) is 1. The molecule has 0 aliphatic heterocycles. The van der Waals surface area contributed by atoms with Gasteiger partial charge in [-0.1, -0.05) is 12.2 Å². The van der Waals surface area contributed by atoms with E-state index in [0.717, 1.165) is 0 Å². The van der Waals surface area contributed by atoms with Crippen LogP contribution < -0.4 is 10.5 Å². The van der Waals surface area contributed by atoms with Gasteiger partial charge in [-0.15, -0.1) is 0 Å². The highest BCUT2D eigenvalue weighted by Gasteiger charge is 2.22. The molecule has 0 spiro atoms. The number of thiocarbonyl (C=S) groups is 1. The third-order valence-corrected chi connectivity index (χ3v) is 2.85. The Morgan fingerprint density at radius 3 is 2.82 bits per heavy atom. The van der Waals surface area contributed by atoms with E-state index in [1.807, 2.05) is 0 Å². The summed E-state index contributed by atoms with van der Waals surface area (Å²) in [5.41, 5.74) is 5.90. The molecule has 0 saturated heterocycles.